The number of methoxy groups -OCH3 is 1. The molecule has 0 saturated heterocycles. The Labute approximate surface area is 236 Å². The van der Waals surface area contributed by atoms with E-state index < -0.39 is 16.1 Å². The van der Waals surface area contributed by atoms with Gasteiger partial charge in [0.1, 0.15) is 11.8 Å². The number of benzene rings is 2. The van der Waals surface area contributed by atoms with E-state index in [0.717, 1.165) is 24.7 Å². The van der Waals surface area contributed by atoms with Crippen molar-refractivity contribution in [3.05, 3.63) is 58.1 Å². The highest BCUT2D eigenvalue weighted by molar-refractivity contribution is 7.92. The molecule has 11 heteroatoms. The lowest BCUT2D eigenvalue weighted by Crippen LogP contribution is -2.49. The van der Waals surface area contributed by atoms with Gasteiger partial charge in [-0.3, -0.25) is 13.9 Å². The van der Waals surface area contributed by atoms with Gasteiger partial charge in [0.05, 0.1) is 24.1 Å². The highest BCUT2D eigenvalue weighted by Gasteiger charge is 2.29. The second-order valence-corrected chi connectivity index (χ2v) is 11.7. The van der Waals surface area contributed by atoms with Gasteiger partial charge in [-0.2, -0.15) is 0 Å². The van der Waals surface area contributed by atoms with Crippen LogP contribution in [0.25, 0.3) is 0 Å². The van der Waals surface area contributed by atoms with Crippen molar-refractivity contribution in [3.63, 3.8) is 0 Å². The lowest BCUT2D eigenvalue weighted by Gasteiger charge is -2.31. The molecule has 0 saturated carbocycles. The van der Waals surface area contributed by atoms with Crippen molar-refractivity contribution in [1.29, 1.82) is 0 Å². The maximum atomic E-state index is 13.5. The van der Waals surface area contributed by atoms with Crippen molar-refractivity contribution >= 4 is 50.7 Å². The average molecular weight is 587 g/mol. The summed E-state index contributed by atoms with van der Waals surface area (Å²) in [7, 11) is -2.17. The number of nitrogens with one attached hydrogen (secondary N) is 1. The number of ether oxygens (including phenoxy) is 1. The number of nitrogens with zero attached hydrogens (tertiary/aromatic N) is 2. The molecule has 2 aromatic rings. The molecule has 0 aliphatic rings. The molecular formula is C27H37Cl2N3O5S. The number of hydrogen-bond acceptors (Lipinski definition) is 5. The fourth-order valence-corrected chi connectivity index (χ4v) is 5.45. The van der Waals surface area contributed by atoms with Gasteiger partial charge in [0, 0.05) is 31.1 Å². The van der Waals surface area contributed by atoms with Crippen molar-refractivity contribution in [2.45, 2.75) is 58.5 Å². The Morgan fingerprint density at radius 3 is 2.34 bits per heavy atom. The van der Waals surface area contributed by atoms with Gasteiger partial charge < -0.3 is 15.0 Å². The molecule has 0 spiro atoms. The zero-order valence-electron chi connectivity index (χ0n) is 22.4. The topological polar surface area (TPSA) is 96.0 Å². The first-order chi connectivity index (χ1) is 18.0. The summed E-state index contributed by atoms with van der Waals surface area (Å²) in [6.45, 7) is 4.66. The SMILES string of the molecule is CCCCNC(=O)[C@H](CC)N(Cc1ccccc1Cl)C(=O)CCCN(c1ccc(OC)c(Cl)c1)S(C)(=O)=O. The van der Waals surface area contributed by atoms with Crippen LogP contribution >= 0.6 is 23.2 Å². The number of carbonyl (C=O) groups excluding carboxylic acids is 2. The zero-order chi connectivity index (χ0) is 28.3. The minimum absolute atomic E-state index is 0.0408. The molecule has 1 N–H and O–H groups in total. The summed E-state index contributed by atoms with van der Waals surface area (Å²) in [5, 5.41) is 3.71. The van der Waals surface area contributed by atoms with Crippen molar-refractivity contribution in [2.24, 2.45) is 0 Å². The van der Waals surface area contributed by atoms with Crippen LogP contribution in [0, 0.1) is 0 Å². The summed E-state index contributed by atoms with van der Waals surface area (Å²) in [6, 6.07) is 11.2. The molecule has 0 fully saturated rings. The van der Waals surface area contributed by atoms with E-state index in [2.05, 4.69) is 5.32 Å². The van der Waals surface area contributed by atoms with Gasteiger partial charge in [0.25, 0.3) is 0 Å². The lowest BCUT2D eigenvalue weighted by atomic mass is 10.1. The first kappa shape index (κ1) is 31.7. The molecule has 1 atom stereocenters. The van der Waals surface area contributed by atoms with Gasteiger partial charge in [0.15, 0.2) is 0 Å². The largest absolute Gasteiger partial charge is 0.495 e. The van der Waals surface area contributed by atoms with E-state index in [1.807, 2.05) is 26.0 Å². The van der Waals surface area contributed by atoms with E-state index in [-0.39, 0.29) is 42.8 Å². The van der Waals surface area contributed by atoms with Crippen LogP contribution in [0.4, 0.5) is 5.69 Å². The highest BCUT2D eigenvalue weighted by atomic mass is 35.5. The Morgan fingerprint density at radius 1 is 1.05 bits per heavy atom. The van der Waals surface area contributed by atoms with Gasteiger partial charge in [-0.15, -0.1) is 0 Å². The number of anilines is 1. The Kier molecular flexibility index (Phi) is 12.7. The van der Waals surface area contributed by atoms with E-state index in [4.69, 9.17) is 27.9 Å². The summed E-state index contributed by atoms with van der Waals surface area (Å²) in [6.07, 6.45) is 3.59. The lowest BCUT2D eigenvalue weighted by molar-refractivity contribution is -0.141. The number of carbonyl (C=O) groups is 2. The molecule has 0 bridgehead atoms. The number of rotatable bonds is 15. The molecule has 0 radical (unpaired) electrons. The molecule has 2 rings (SSSR count). The van der Waals surface area contributed by atoms with Crippen LogP contribution in [-0.2, 0) is 26.2 Å². The monoisotopic (exact) mass is 585 g/mol. The second kappa shape index (κ2) is 15.2. The smallest absolute Gasteiger partial charge is 0.242 e. The number of amides is 2. The van der Waals surface area contributed by atoms with Gasteiger partial charge in [0.2, 0.25) is 21.8 Å². The molecule has 0 aliphatic carbocycles. The Morgan fingerprint density at radius 2 is 1.76 bits per heavy atom. The van der Waals surface area contributed by atoms with Crippen molar-refractivity contribution in [2.75, 3.05) is 30.8 Å². The average Bonchev–Trinajstić information content (AvgIpc) is 2.86. The van der Waals surface area contributed by atoms with E-state index in [1.165, 1.54) is 22.4 Å². The number of unbranched alkanes of at least 4 members (excludes halogenated alkanes) is 1. The van der Waals surface area contributed by atoms with Crippen LogP contribution in [0.5, 0.6) is 5.75 Å². The first-order valence-electron chi connectivity index (χ1n) is 12.6. The summed E-state index contributed by atoms with van der Waals surface area (Å²) >= 11 is 12.6. The second-order valence-electron chi connectivity index (χ2n) is 8.94. The minimum Gasteiger partial charge on any atom is -0.495 e. The molecule has 0 aromatic heterocycles. The van der Waals surface area contributed by atoms with E-state index in [9.17, 15) is 18.0 Å². The van der Waals surface area contributed by atoms with Gasteiger partial charge in [-0.05, 0) is 49.1 Å². The fraction of sp³-hybridized carbons (Fsp3) is 0.481. The highest BCUT2D eigenvalue weighted by Crippen LogP contribution is 2.30. The van der Waals surface area contributed by atoms with Gasteiger partial charge >= 0.3 is 0 Å². The molecule has 210 valence electrons. The number of halogens is 2. The van der Waals surface area contributed by atoms with E-state index in [0.29, 0.717) is 29.4 Å². The molecule has 0 aliphatic heterocycles. The molecule has 2 amide bonds. The summed E-state index contributed by atoms with van der Waals surface area (Å²) < 4.78 is 31.4. The van der Waals surface area contributed by atoms with E-state index in [1.54, 1.807) is 24.3 Å². The summed E-state index contributed by atoms with van der Waals surface area (Å²) in [5.41, 5.74) is 1.10. The summed E-state index contributed by atoms with van der Waals surface area (Å²) in [4.78, 5) is 28.0. The van der Waals surface area contributed by atoms with Crippen LogP contribution < -0.4 is 14.4 Å². The Hall–Kier alpha value is -2.49. The van der Waals surface area contributed by atoms with Gasteiger partial charge in [-0.1, -0.05) is 61.7 Å². The molecule has 8 nitrogen and oxygen atoms in total. The van der Waals surface area contributed by atoms with Crippen LogP contribution in [0.15, 0.2) is 42.5 Å². The standard InChI is InChI=1S/C27H37Cl2N3O5S/c1-5-7-16-30-27(34)24(6-2)31(19-20-11-8-9-12-22(20)28)26(33)13-10-17-32(38(4,35)36)21-14-15-25(37-3)23(29)18-21/h8-9,11-12,14-15,18,24H,5-7,10,13,16-17,19H2,1-4H3,(H,30,34)/t24-/m0/s1. The minimum atomic E-state index is -3.65. The van der Waals surface area contributed by atoms with Crippen molar-refractivity contribution in [3.8, 4) is 5.75 Å². The molecule has 0 heterocycles. The Bertz CT molecular complexity index is 1190. The van der Waals surface area contributed by atoms with Crippen molar-refractivity contribution < 1.29 is 22.7 Å². The molecule has 38 heavy (non-hydrogen) atoms. The molecule has 2 aromatic carbocycles. The third-order valence-corrected chi connectivity index (χ3v) is 7.95. The third kappa shape index (κ3) is 9.06. The summed E-state index contributed by atoms with van der Waals surface area (Å²) in [5.74, 6) is -0.0484. The normalized spacial score (nSPS) is 12.1. The zero-order valence-corrected chi connectivity index (χ0v) is 24.7. The number of hydrogen-bond donors (Lipinski definition) is 1. The molecule has 0 unspecified atom stereocenters. The predicted molar refractivity (Wildman–Crippen MR) is 153 cm³/mol. The maximum Gasteiger partial charge on any atom is 0.242 e. The first-order valence-corrected chi connectivity index (χ1v) is 15.3. The van der Waals surface area contributed by atoms with Crippen LogP contribution in [0.2, 0.25) is 10.0 Å². The van der Waals surface area contributed by atoms with E-state index >= 15 is 0 Å². The number of sulfonamides is 1. The van der Waals surface area contributed by atoms with Gasteiger partial charge in [-0.25, -0.2) is 8.42 Å². The van der Waals surface area contributed by atoms with Crippen LogP contribution in [0.1, 0.15) is 51.5 Å². The third-order valence-electron chi connectivity index (χ3n) is 6.09. The van der Waals surface area contributed by atoms with Crippen LogP contribution in [-0.4, -0.2) is 57.6 Å². The molecular weight excluding hydrogens is 549 g/mol. The quantitative estimate of drug-likeness (QED) is 0.287. The Balaban J connectivity index is 2.23. The van der Waals surface area contributed by atoms with Crippen LogP contribution in [0.3, 0.4) is 0 Å². The van der Waals surface area contributed by atoms with Crippen molar-refractivity contribution in [1.82, 2.24) is 10.2 Å². The maximum absolute atomic E-state index is 13.5. The predicted octanol–water partition coefficient (Wildman–Crippen LogP) is 5.27. The fourth-order valence-electron chi connectivity index (χ4n) is 4.05.